The first-order chi connectivity index (χ1) is 8.42. The Morgan fingerprint density at radius 2 is 2.00 bits per heavy atom. The van der Waals surface area contributed by atoms with Crippen LogP contribution < -0.4 is 11.3 Å². The van der Waals surface area contributed by atoms with Gasteiger partial charge in [0.1, 0.15) is 0 Å². The summed E-state index contributed by atoms with van der Waals surface area (Å²) in [7, 11) is 0. The molecule has 4 nitrogen and oxygen atoms in total. The third kappa shape index (κ3) is 5.33. The Labute approximate surface area is 103 Å². The normalized spacial score (nSPS) is 12.1. The number of hydrogen-bond acceptors (Lipinski definition) is 3. The zero-order valence-corrected chi connectivity index (χ0v) is 9.86. The van der Waals surface area contributed by atoms with Crippen molar-refractivity contribution in [2.24, 2.45) is 5.73 Å². The predicted octanol–water partition coefficient (Wildman–Crippen LogP) is 0.671. The van der Waals surface area contributed by atoms with Gasteiger partial charge in [-0.05, 0) is 6.07 Å². The molecule has 1 aromatic rings. The molecule has 0 fully saturated rings. The molecule has 7 heteroatoms. The summed E-state index contributed by atoms with van der Waals surface area (Å²) in [6, 6.07) is 4.63. The van der Waals surface area contributed by atoms with Crippen molar-refractivity contribution in [3.05, 3.63) is 34.7 Å². The highest BCUT2D eigenvalue weighted by Crippen LogP contribution is 2.15. The summed E-state index contributed by atoms with van der Waals surface area (Å²) in [5.41, 5.74) is 5.04. The average molecular weight is 263 g/mol. The molecule has 0 atom stereocenters. The van der Waals surface area contributed by atoms with E-state index >= 15 is 0 Å². The molecular formula is C11H16F3N3O. The van der Waals surface area contributed by atoms with Gasteiger partial charge in [0, 0.05) is 38.4 Å². The van der Waals surface area contributed by atoms with Crippen molar-refractivity contribution in [1.82, 2.24) is 9.47 Å². The maximum atomic E-state index is 12.3. The van der Waals surface area contributed by atoms with Crippen LogP contribution >= 0.6 is 0 Å². The van der Waals surface area contributed by atoms with Crippen LogP contribution in [0.4, 0.5) is 13.2 Å². The van der Waals surface area contributed by atoms with Crippen LogP contribution in [-0.4, -0.2) is 41.8 Å². The predicted molar refractivity (Wildman–Crippen MR) is 62.3 cm³/mol. The molecular weight excluding hydrogens is 247 g/mol. The fourth-order valence-electron chi connectivity index (χ4n) is 1.60. The molecule has 0 aromatic carbocycles. The van der Waals surface area contributed by atoms with Gasteiger partial charge in [-0.2, -0.15) is 13.2 Å². The van der Waals surface area contributed by atoms with Crippen molar-refractivity contribution in [2.75, 3.05) is 26.2 Å². The van der Waals surface area contributed by atoms with E-state index in [9.17, 15) is 18.0 Å². The van der Waals surface area contributed by atoms with Gasteiger partial charge in [0.25, 0.3) is 5.56 Å². The lowest BCUT2D eigenvalue weighted by Gasteiger charge is -2.23. The summed E-state index contributed by atoms with van der Waals surface area (Å²) in [5.74, 6) is 0. The molecule has 0 aliphatic carbocycles. The average Bonchev–Trinajstić information content (AvgIpc) is 2.26. The Bertz CT molecular complexity index is 416. The third-order valence-corrected chi connectivity index (χ3v) is 2.40. The van der Waals surface area contributed by atoms with Crippen molar-refractivity contribution in [3.8, 4) is 0 Å². The van der Waals surface area contributed by atoms with Crippen molar-refractivity contribution in [3.63, 3.8) is 0 Å². The number of nitrogens with zero attached hydrogens (tertiary/aromatic N) is 2. The summed E-state index contributed by atoms with van der Waals surface area (Å²) in [4.78, 5) is 12.6. The second kappa shape index (κ2) is 6.55. The highest BCUT2D eigenvalue weighted by atomic mass is 19.4. The first-order valence-electron chi connectivity index (χ1n) is 5.57. The molecule has 2 N–H and O–H groups in total. The van der Waals surface area contributed by atoms with E-state index in [-0.39, 0.29) is 31.7 Å². The van der Waals surface area contributed by atoms with Gasteiger partial charge in [0.2, 0.25) is 0 Å². The molecule has 0 saturated heterocycles. The molecule has 0 aliphatic rings. The molecule has 1 heterocycles. The number of rotatable bonds is 6. The molecule has 0 bridgehead atoms. The number of aromatic nitrogens is 1. The molecule has 0 aliphatic heterocycles. The van der Waals surface area contributed by atoms with Crippen molar-refractivity contribution in [2.45, 2.75) is 12.7 Å². The van der Waals surface area contributed by atoms with Gasteiger partial charge >= 0.3 is 6.18 Å². The molecule has 0 amide bonds. The molecule has 1 rings (SSSR count). The van der Waals surface area contributed by atoms with Crippen LogP contribution in [0, 0.1) is 0 Å². The second-order valence-electron chi connectivity index (χ2n) is 3.91. The van der Waals surface area contributed by atoms with Crippen LogP contribution in [0.3, 0.4) is 0 Å². The fourth-order valence-corrected chi connectivity index (χ4v) is 1.60. The minimum atomic E-state index is -4.25. The zero-order chi connectivity index (χ0) is 13.6. The van der Waals surface area contributed by atoms with E-state index in [0.717, 1.165) is 0 Å². The monoisotopic (exact) mass is 263 g/mol. The first kappa shape index (κ1) is 14.7. The third-order valence-electron chi connectivity index (χ3n) is 2.40. The van der Waals surface area contributed by atoms with Crippen LogP contribution in [0.2, 0.25) is 0 Å². The summed E-state index contributed by atoms with van der Waals surface area (Å²) < 4.78 is 38.2. The standard InChI is InChI=1S/C11H16F3N3O/c12-11(13,14)9-16(6-4-15)7-8-17-5-2-1-3-10(17)18/h1-3,5H,4,6-9,15H2. The molecule has 0 spiro atoms. The minimum absolute atomic E-state index is 0.140. The molecule has 0 saturated carbocycles. The Kier molecular flexibility index (Phi) is 5.36. The van der Waals surface area contributed by atoms with Gasteiger partial charge in [-0.3, -0.25) is 9.69 Å². The van der Waals surface area contributed by atoms with Gasteiger partial charge in [0.15, 0.2) is 0 Å². The quantitative estimate of drug-likeness (QED) is 0.820. The summed E-state index contributed by atoms with van der Waals surface area (Å²) in [6.45, 7) is -0.344. The van der Waals surface area contributed by atoms with Crippen molar-refractivity contribution < 1.29 is 13.2 Å². The van der Waals surface area contributed by atoms with E-state index in [4.69, 9.17) is 5.73 Å². The van der Waals surface area contributed by atoms with E-state index in [1.165, 1.54) is 15.5 Å². The van der Waals surface area contributed by atoms with Gasteiger partial charge in [-0.1, -0.05) is 6.07 Å². The fraction of sp³-hybridized carbons (Fsp3) is 0.545. The van der Waals surface area contributed by atoms with Gasteiger partial charge in [-0.25, -0.2) is 0 Å². The lowest BCUT2D eigenvalue weighted by Crippen LogP contribution is -2.40. The molecule has 0 radical (unpaired) electrons. The summed E-state index contributed by atoms with van der Waals surface area (Å²) in [5, 5.41) is 0. The first-order valence-corrected chi connectivity index (χ1v) is 5.57. The van der Waals surface area contributed by atoms with Crippen LogP contribution in [0.25, 0.3) is 0 Å². The number of pyridine rings is 1. The number of halogens is 3. The maximum Gasteiger partial charge on any atom is 0.401 e. The van der Waals surface area contributed by atoms with Crippen LogP contribution in [-0.2, 0) is 6.54 Å². The summed E-state index contributed by atoms with van der Waals surface area (Å²) >= 11 is 0. The van der Waals surface area contributed by atoms with E-state index in [1.807, 2.05) is 0 Å². The topological polar surface area (TPSA) is 51.3 Å². The SMILES string of the molecule is NCCN(CCn1ccccc1=O)CC(F)(F)F. The molecule has 1 aromatic heterocycles. The van der Waals surface area contributed by atoms with Crippen LogP contribution in [0.15, 0.2) is 29.2 Å². The van der Waals surface area contributed by atoms with Crippen LogP contribution in [0.1, 0.15) is 0 Å². The lowest BCUT2D eigenvalue weighted by atomic mass is 10.4. The largest absolute Gasteiger partial charge is 0.401 e. The van der Waals surface area contributed by atoms with E-state index in [1.54, 1.807) is 18.3 Å². The highest BCUT2D eigenvalue weighted by Gasteiger charge is 2.30. The van der Waals surface area contributed by atoms with Crippen molar-refractivity contribution >= 4 is 0 Å². The number of nitrogens with two attached hydrogens (primary N) is 1. The van der Waals surface area contributed by atoms with Gasteiger partial charge < -0.3 is 10.3 Å². The minimum Gasteiger partial charge on any atom is -0.329 e. The zero-order valence-electron chi connectivity index (χ0n) is 9.86. The van der Waals surface area contributed by atoms with E-state index < -0.39 is 12.7 Å². The Morgan fingerprint density at radius 3 is 2.56 bits per heavy atom. The van der Waals surface area contributed by atoms with Crippen LogP contribution in [0.5, 0.6) is 0 Å². The van der Waals surface area contributed by atoms with Crippen molar-refractivity contribution in [1.29, 1.82) is 0 Å². The highest BCUT2D eigenvalue weighted by molar-refractivity contribution is 4.93. The molecule has 18 heavy (non-hydrogen) atoms. The molecule has 0 unspecified atom stereocenters. The maximum absolute atomic E-state index is 12.3. The Morgan fingerprint density at radius 1 is 1.28 bits per heavy atom. The smallest absolute Gasteiger partial charge is 0.329 e. The van der Waals surface area contributed by atoms with E-state index in [0.29, 0.717) is 0 Å². The lowest BCUT2D eigenvalue weighted by molar-refractivity contribution is -0.145. The van der Waals surface area contributed by atoms with Gasteiger partial charge in [0.05, 0.1) is 6.54 Å². The Hall–Kier alpha value is -1.34. The van der Waals surface area contributed by atoms with Gasteiger partial charge in [-0.15, -0.1) is 0 Å². The molecule has 102 valence electrons. The number of hydrogen-bond donors (Lipinski definition) is 1. The number of alkyl halides is 3. The second-order valence-corrected chi connectivity index (χ2v) is 3.91. The Balaban J connectivity index is 2.57. The summed E-state index contributed by atoms with van der Waals surface area (Å²) in [6.07, 6.45) is -2.70. The van der Waals surface area contributed by atoms with E-state index in [2.05, 4.69) is 0 Å².